The third kappa shape index (κ3) is 1.89. The number of fused-ring (bicyclic) bond motifs is 1. The first-order valence-corrected chi connectivity index (χ1v) is 5.46. The zero-order valence-electron chi connectivity index (χ0n) is 9.61. The van der Waals surface area contributed by atoms with Crippen LogP contribution in [0.4, 0.5) is 0 Å². The second-order valence-corrected chi connectivity index (χ2v) is 3.87. The van der Waals surface area contributed by atoms with E-state index in [9.17, 15) is 15.0 Å². The van der Waals surface area contributed by atoms with E-state index in [0.717, 1.165) is 5.39 Å². The Bertz CT molecular complexity index is 703. The second-order valence-electron chi connectivity index (χ2n) is 3.87. The van der Waals surface area contributed by atoms with E-state index in [-0.39, 0.29) is 17.5 Å². The molecule has 0 amide bonds. The molecular formula is C13H9NO5. The molecule has 0 bridgehead atoms. The fourth-order valence-electron chi connectivity index (χ4n) is 1.71. The number of carbonyl (C=O) groups excluding carboxylic acids is 1. The summed E-state index contributed by atoms with van der Waals surface area (Å²) in [5, 5.41) is 19.5. The SMILES string of the molecule is O=C(On1c(O)ccc1O)c1cc2ccccc2o1. The number of rotatable bonds is 2. The van der Waals surface area contributed by atoms with E-state index in [1.807, 2.05) is 6.07 Å². The van der Waals surface area contributed by atoms with Crippen LogP contribution in [0.15, 0.2) is 46.9 Å². The lowest BCUT2D eigenvalue weighted by Crippen LogP contribution is -2.18. The van der Waals surface area contributed by atoms with Crippen LogP contribution in [0, 0.1) is 0 Å². The third-order valence-electron chi connectivity index (χ3n) is 2.60. The molecule has 0 saturated carbocycles. The Hall–Kier alpha value is -2.89. The van der Waals surface area contributed by atoms with Gasteiger partial charge in [-0.3, -0.25) is 0 Å². The van der Waals surface area contributed by atoms with Crippen molar-refractivity contribution in [3.05, 3.63) is 48.2 Å². The Morgan fingerprint density at radius 1 is 1.11 bits per heavy atom. The normalized spacial score (nSPS) is 10.7. The summed E-state index contributed by atoms with van der Waals surface area (Å²) >= 11 is 0. The molecule has 0 spiro atoms. The van der Waals surface area contributed by atoms with Gasteiger partial charge in [-0.25, -0.2) is 4.79 Å². The maximum absolute atomic E-state index is 11.8. The number of furan rings is 1. The zero-order chi connectivity index (χ0) is 13.4. The lowest BCUT2D eigenvalue weighted by atomic mass is 10.2. The number of aromatic nitrogens is 1. The van der Waals surface area contributed by atoms with Crippen LogP contribution in [0.3, 0.4) is 0 Å². The molecule has 2 N–H and O–H groups in total. The number of nitrogens with zero attached hydrogens (tertiary/aromatic N) is 1. The molecule has 3 rings (SSSR count). The quantitative estimate of drug-likeness (QED) is 0.734. The van der Waals surface area contributed by atoms with Crippen LogP contribution < -0.4 is 4.84 Å². The van der Waals surface area contributed by atoms with Gasteiger partial charge in [0.15, 0.2) is 0 Å². The molecule has 19 heavy (non-hydrogen) atoms. The average Bonchev–Trinajstić information content (AvgIpc) is 2.97. The molecule has 96 valence electrons. The van der Waals surface area contributed by atoms with Gasteiger partial charge in [0, 0.05) is 17.5 Å². The first-order valence-electron chi connectivity index (χ1n) is 5.46. The smallest absolute Gasteiger partial charge is 0.399 e. The fourth-order valence-corrected chi connectivity index (χ4v) is 1.71. The van der Waals surface area contributed by atoms with Crippen LogP contribution >= 0.6 is 0 Å². The highest BCUT2D eigenvalue weighted by Gasteiger charge is 2.18. The van der Waals surface area contributed by atoms with Gasteiger partial charge in [0.05, 0.1) is 0 Å². The Labute approximate surface area is 107 Å². The minimum absolute atomic E-state index is 0.0197. The van der Waals surface area contributed by atoms with Gasteiger partial charge in [-0.15, -0.1) is 4.73 Å². The van der Waals surface area contributed by atoms with Gasteiger partial charge in [-0.2, -0.15) is 0 Å². The van der Waals surface area contributed by atoms with Gasteiger partial charge in [0.2, 0.25) is 17.5 Å². The molecule has 2 heterocycles. The molecule has 0 atom stereocenters. The largest absolute Gasteiger partial charge is 0.492 e. The maximum Gasteiger partial charge on any atom is 0.399 e. The predicted octanol–water partition coefficient (Wildman–Crippen LogP) is 1.91. The molecule has 0 fully saturated rings. The summed E-state index contributed by atoms with van der Waals surface area (Å²) in [6.45, 7) is 0. The molecule has 6 nitrogen and oxygen atoms in total. The zero-order valence-corrected chi connectivity index (χ0v) is 9.61. The first-order chi connectivity index (χ1) is 9.15. The van der Waals surface area contributed by atoms with Crippen molar-refractivity contribution in [1.29, 1.82) is 0 Å². The van der Waals surface area contributed by atoms with Crippen LogP contribution in [0.1, 0.15) is 10.6 Å². The van der Waals surface area contributed by atoms with Crippen molar-refractivity contribution in [2.45, 2.75) is 0 Å². The Balaban J connectivity index is 1.92. The molecule has 0 aliphatic carbocycles. The lowest BCUT2D eigenvalue weighted by Gasteiger charge is -2.04. The van der Waals surface area contributed by atoms with Crippen LogP contribution in [-0.2, 0) is 0 Å². The van der Waals surface area contributed by atoms with Gasteiger partial charge >= 0.3 is 5.97 Å². The molecule has 0 aliphatic heterocycles. The van der Waals surface area contributed by atoms with Crippen molar-refractivity contribution in [1.82, 2.24) is 4.73 Å². The van der Waals surface area contributed by atoms with Crippen LogP contribution in [0.2, 0.25) is 0 Å². The summed E-state index contributed by atoms with van der Waals surface area (Å²) in [5.41, 5.74) is 0.551. The summed E-state index contributed by atoms with van der Waals surface area (Å²) in [4.78, 5) is 16.6. The Morgan fingerprint density at radius 3 is 2.47 bits per heavy atom. The van der Waals surface area contributed by atoms with Crippen molar-refractivity contribution in [3.8, 4) is 11.8 Å². The van der Waals surface area contributed by atoms with Gasteiger partial charge in [-0.05, 0) is 12.1 Å². The minimum atomic E-state index is -0.821. The monoisotopic (exact) mass is 259 g/mol. The number of hydrogen-bond donors (Lipinski definition) is 2. The van der Waals surface area contributed by atoms with Crippen molar-refractivity contribution in [3.63, 3.8) is 0 Å². The first kappa shape index (κ1) is 11.2. The molecule has 0 radical (unpaired) electrons. The van der Waals surface area contributed by atoms with Crippen LogP contribution in [0.25, 0.3) is 11.0 Å². The lowest BCUT2D eigenvalue weighted by molar-refractivity contribution is 0.0349. The highest BCUT2D eigenvalue weighted by Crippen LogP contribution is 2.22. The number of para-hydroxylation sites is 1. The topological polar surface area (TPSA) is 84.8 Å². The van der Waals surface area contributed by atoms with Crippen molar-refractivity contribution >= 4 is 16.9 Å². The Morgan fingerprint density at radius 2 is 1.79 bits per heavy atom. The number of hydrogen-bond acceptors (Lipinski definition) is 5. The second kappa shape index (κ2) is 4.09. The van der Waals surface area contributed by atoms with E-state index in [1.165, 1.54) is 18.2 Å². The molecule has 1 aromatic carbocycles. The summed E-state index contributed by atoms with van der Waals surface area (Å²) in [7, 11) is 0. The molecule has 3 aromatic rings. The molecule has 0 unspecified atom stereocenters. The number of carbonyl (C=O) groups is 1. The van der Waals surface area contributed by atoms with Gasteiger partial charge in [-0.1, -0.05) is 18.2 Å². The number of aromatic hydroxyl groups is 2. The Kier molecular flexibility index (Phi) is 2.42. The third-order valence-corrected chi connectivity index (χ3v) is 2.60. The highest BCUT2D eigenvalue weighted by atomic mass is 16.7. The van der Waals surface area contributed by atoms with Gasteiger partial charge in [0.25, 0.3) is 0 Å². The number of benzene rings is 1. The molecule has 0 aliphatic rings. The molecule has 6 heteroatoms. The summed E-state index contributed by atoms with van der Waals surface area (Å²) < 4.78 is 5.91. The van der Waals surface area contributed by atoms with Crippen molar-refractivity contribution in [2.24, 2.45) is 0 Å². The summed E-state index contributed by atoms with van der Waals surface area (Å²) in [6, 6.07) is 11.0. The average molecular weight is 259 g/mol. The van der Waals surface area contributed by atoms with E-state index in [2.05, 4.69) is 0 Å². The standard InChI is InChI=1S/C13H9NO5/c15-11-5-6-12(16)14(11)19-13(17)10-7-8-3-1-2-4-9(8)18-10/h1-7,15-16H. The van der Waals surface area contributed by atoms with Crippen molar-refractivity contribution < 1.29 is 24.3 Å². The van der Waals surface area contributed by atoms with Gasteiger partial charge in [0.1, 0.15) is 5.58 Å². The fraction of sp³-hybridized carbons (Fsp3) is 0. The van der Waals surface area contributed by atoms with E-state index in [0.29, 0.717) is 10.3 Å². The minimum Gasteiger partial charge on any atom is -0.492 e. The maximum atomic E-state index is 11.8. The van der Waals surface area contributed by atoms with Gasteiger partial charge < -0.3 is 19.5 Å². The predicted molar refractivity (Wildman–Crippen MR) is 64.9 cm³/mol. The summed E-state index contributed by atoms with van der Waals surface area (Å²) in [6.07, 6.45) is 0. The summed E-state index contributed by atoms with van der Waals surface area (Å²) in [5.74, 6) is -1.62. The highest BCUT2D eigenvalue weighted by molar-refractivity contribution is 5.92. The molecule has 0 saturated heterocycles. The van der Waals surface area contributed by atoms with E-state index < -0.39 is 5.97 Å². The van der Waals surface area contributed by atoms with Crippen LogP contribution in [-0.4, -0.2) is 20.9 Å². The van der Waals surface area contributed by atoms with E-state index in [4.69, 9.17) is 9.25 Å². The molecule has 2 aromatic heterocycles. The van der Waals surface area contributed by atoms with E-state index in [1.54, 1.807) is 18.2 Å². The van der Waals surface area contributed by atoms with E-state index >= 15 is 0 Å². The van der Waals surface area contributed by atoms with Crippen molar-refractivity contribution in [2.75, 3.05) is 0 Å². The van der Waals surface area contributed by atoms with Crippen LogP contribution in [0.5, 0.6) is 11.8 Å². The molecular weight excluding hydrogens is 250 g/mol.